The minimum atomic E-state index is 0.143. The van der Waals surface area contributed by atoms with Gasteiger partial charge in [0, 0.05) is 50.3 Å². The van der Waals surface area contributed by atoms with Gasteiger partial charge in [0.2, 0.25) is 5.91 Å². The lowest BCUT2D eigenvalue weighted by Gasteiger charge is -2.36. The highest BCUT2D eigenvalue weighted by Crippen LogP contribution is 2.39. The average molecular weight is 386 g/mol. The summed E-state index contributed by atoms with van der Waals surface area (Å²) in [6.45, 7) is 4.89. The molecule has 2 unspecified atom stereocenters. The minimum Gasteiger partial charge on any atom is -0.496 e. The summed E-state index contributed by atoms with van der Waals surface area (Å²) >= 11 is 0. The number of methoxy groups -OCH3 is 1. The number of nitrogens with zero attached hydrogens (tertiary/aromatic N) is 2. The van der Waals surface area contributed by atoms with Crippen LogP contribution in [0, 0.1) is 11.8 Å². The Labute approximate surface area is 166 Å². The fourth-order valence-corrected chi connectivity index (χ4v) is 4.86. The van der Waals surface area contributed by atoms with Crippen molar-refractivity contribution in [2.45, 2.75) is 44.7 Å². The highest BCUT2D eigenvalue weighted by atomic mass is 16.5. The molecule has 152 valence electrons. The summed E-state index contributed by atoms with van der Waals surface area (Å²) in [7, 11) is 1.70. The third kappa shape index (κ3) is 3.54. The molecule has 28 heavy (non-hydrogen) atoms. The van der Waals surface area contributed by atoms with E-state index in [1.165, 1.54) is 12.8 Å². The summed E-state index contributed by atoms with van der Waals surface area (Å²) < 4.78 is 17.3. The van der Waals surface area contributed by atoms with Gasteiger partial charge in [0.15, 0.2) is 11.5 Å². The first kappa shape index (κ1) is 18.1. The molecule has 1 aromatic carbocycles. The highest BCUT2D eigenvalue weighted by molar-refractivity contribution is 5.80. The van der Waals surface area contributed by atoms with Crippen molar-refractivity contribution in [3.63, 3.8) is 0 Å². The molecule has 5 aliphatic rings. The molecule has 1 aliphatic carbocycles. The van der Waals surface area contributed by atoms with E-state index in [4.69, 9.17) is 14.2 Å². The Balaban J connectivity index is 1.36. The molecular formula is C22H30N2O4. The molecule has 4 fully saturated rings. The molecule has 4 aliphatic heterocycles. The van der Waals surface area contributed by atoms with Crippen molar-refractivity contribution in [2.75, 3.05) is 40.0 Å². The monoisotopic (exact) mass is 386 g/mol. The zero-order valence-corrected chi connectivity index (χ0v) is 16.7. The van der Waals surface area contributed by atoms with Crippen molar-refractivity contribution in [2.24, 2.45) is 11.8 Å². The van der Waals surface area contributed by atoms with E-state index in [9.17, 15) is 4.79 Å². The van der Waals surface area contributed by atoms with Crippen LogP contribution in [0.5, 0.6) is 17.2 Å². The molecule has 2 atom stereocenters. The van der Waals surface area contributed by atoms with Crippen LogP contribution in [0.4, 0.5) is 0 Å². The Morgan fingerprint density at radius 2 is 1.86 bits per heavy atom. The largest absolute Gasteiger partial charge is 0.496 e. The summed E-state index contributed by atoms with van der Waals surface area (Å²) in [5, 5.41) is 0. The maximum absolute atomic E-state index is 13.0. The van der Waals surface area contributed by atoms with Gasteiger partial charge in [0.1, 0.15) is 5.75 Å². The number of carbonyl (C=O) groups is 1. The molecule has 4 heterocycles. The molecule has 0 N–H and O–H groups in total. The van der Waals surface area contributed by atoms with Crippen molar-refractivity contribution in [1.29, 1.82) is 0 Å². The first-order chi connectivity index (χ1) is 13.7. The van der Waals surface area contributed by atoms with Gasteiger partial charge < -0.3 is 19.1 Å². The number of benzene rings is 1. The van der Waals surface area contributed by atoms with E-state index in [1.54, 1.807) is 7.11 Å². The third-order valence-electron chi connectivity index (χ3n) is 6.57. The molecule has 6 nitrogen and oxygen atoms in total. The highest BCUT2D eigenvalue weighted by Gasteiger charge is 2.42. The first-order valence-corrected chi connectivity index (χ1v) is 10.7. The normalized spacial score (nSPS) is 27.5. The van der Waals surface area contributed by atoms with Crippen molar-refractivity contribution in [3.05, 3.63) is 17.7 Å². The standard InChI is InChI=1S/C22H30N2O4/c1-26-19-10-21-20(27-7-2-8-28-21)9-17(19)13-23-12-16-5-6-18(14-23)24(22(16)25)11-15-3-4-15/h9-10,15-16,18H,2-8,11-14H2,1H3. The quantitative estimate of drug-likeness (QED) is 0.779. The van der Waals surface area contributed by atoms with Crippen LogP contribution in [0.1, 0.15) is 37.7 Å². The van der Waals surface area contributed by atoms with E-state index in [2.05, 4.69) is 15.9 Å². The van der Waals surface area contributed by atoms with Crippen molar-refractivity contribution >= 4 is 5.91 Å². The number of fused-ring (bicyclic) bond motifs is 5. The molecule has 1 saturated carbocycles. The van der Waals surface area contributed by atoms with E-state index in [0.717, 1.165) is 74.2 Å². The number of hydrogen-bond acceptors (Lipinski definition) is 5. The fourth-order valence-electron chi connectivity index (χ4n) is 4.86. The zero-order chi connectivity index (χ0) is 19.1. The molecular weight excluding hydrogens is 356 g/mol. The first-order valence-electron chi connectivity index (χ1n) is 10.7. The second-order valence-corrected chi connectivity index (χ2v) is 8.72. The second kappa shape index (κ2) is 7.47. The molecule has 1 aromatic rings. The summed E-state index contributed by atoms with van der Waals surface area (Å²) in [6, 6.07) is 4.38. The van der Waals surface area contributed by atoms with Gasteiger partial charge in [0.05, 0.1) is 26.2 Å². The summed E-state index contributed by atoms with van der Waals surface area (Å²) in [5.74, 6) is 3.68. The SMILES string of the molecule is COc1cc2c(cc1CN1CC3CCC(C1)N(CC1CC1)C3=O)OCCCO2. The number of hydrogen-bond donors (Lipinski definition) is 0. The second-order valence-electron chi connectivity index (χ2n) is 8.72. The number of amides is 1. The lowest BCUT2D eigenvalue weighted by Crippen LogP contribution is -2.48. The molecule has 0 spiro atoms. The predicted octanol–water partition coefficient (Wildman–Crippen LogP) is 2.69. The smallest absolute Gasteiger partial charge is 0.227 e. The van der Waals surface area contributed by atoms with Gasteiger partial charge in [-0.15, -0.1) is 0 Å². The number of piperidine rings is 1. The van der Waals surface area contributed by atoms with Crippen LogP contribution in [0.3, 0.4) is 0 Å². The van der Waals surface area contributed by atoms with Gasteiger partial charge >= 0.3 is 0 Å². The third-order valence-corrected chi connectivity index (χ3v) is 6.57. The fraction of sp³-hybridized carbons (Fsp3) is 0.682. The van der Waals surface area contributed by atoms with Gasteiger partial charge in [0.25, 0.3) is 0 Å². The molecule has 0 aromatic heterocycles. The van der Waals surface area contributed by atoms with E-state index in [1.807, 2.05) is 6.07 Å². The predicted molar refractivity (Wildman–Crippen MR) is 105 cm³/mol. The van der Waals surface area contributed by atoms with Gasteiger partial charge in [-0.2, -0.15) is 0 Å². The Kier molecular flexibility index (Phi) is 4.83. The van der Waals surface area contributed by atoms with Crippen LogP contribution in [0.2, 0.25) is 0 Å². The molecule has 1 amide bonds. The molecule has 6 heteroatoms. The Morgan fingerprint density at radius 3 is 2.61 bits per heavy atom. The number of carbonyl (C=O) groups excluding carboxylic acids is 1. The number of ether oxygens (including phenoxy) is 3. The van der Waals surface area contributed by atoms with E-state index in [-0.39, 0.29) is 5.92 Å². The van der Waals surface area contributed by atoms with Gasteiger partial charge in [-0.3, -0.25) is 9.69 Å². The van der Waals surface area contributed by atoms with Crippen LogP contribution in [-0.2, 0) is 11.3 Å². The summed E-state index contributed by atoms with van der Waals surface area (Å²) in [5.41, 5.74) is 1.11. The molecule has 0 radical (unpaired) electrons. The Hall–Kier alpha value is -1.95. The van der Waals surface area contributed by atoms with Crippen LogP contribution in [0.15, 0.2) is 12.1 Å². The van der Waals surface area contributed by atoms with Crippen molar-refractivity contribution in [1.82, 2.24) is 9.80 Å². The maximum Gasteiger partial charge on any atom is 0.227 e. The lowest BCUT2D eigenvalue weighted by atomic mass is 9.94. The van der Waals surface area contributed by atoms with Crippen LogP contribution in [0.25, 0.3) is 0 Å². The van der Waals surface area contributed by atoms with Crippen molar-refractivity contribution < 1.29 is 19.0 Å². The summed E-state index contributed by atoms with van der Waals surface area (Å²) in [6.07, 6.45) is 5.64. The van der Waals surface area contributed by atoms with Crippen LogP contribution < -0.4 is 14.2 Å². The zero-order valence-electron chi connectivity index (χ0n) is 16.7. The number of rotatable bonds is 5. The minimum absolute atomic E-state index is 0.143. The van der Waals surface area contributed by atoms with Gasteiger partial charge in [-0.1, -0.05) is 0 Å². The van der Waals surface area contributed by atoms with E-state index in [0.29, 0.717) is 25.2 Å². The maximum atomic E-state index is 13.0. The van der Waals surface area contributed by atoms with Gasteiger partial charge in [-0.05, 0) is 37.7 Å². The van der Waals surface area contributed by atoms with Crippen LogP contribution in [-0.4, -0.2) is 61.7 Å². The topological polar surface area (TPSA) is 51.2 Å². The Morgan fingerprint density at radius 1 is 1.07 bits per heavy atom. The van der Waals surface area contributed by atoms with E-state index >= 15 is 0 Å². The van der Waals surface area contributed by atoms with Crippen LogP contribution >= 0.6 is 0 Å². The van der Waals surface area contributed by atoms with E-state index < -0.39 is 0 Å². The molecule has 3 saturated heterocycles. The molecule has 2 bridgehead atoms. The molecule has 6 rings (SSSR count). The Bertz CT molecular complexity index is 748. The lowest BCUT2D eigenvalue weighted by molar-refractivity contribution is -0.140. The summed E-state index contributed by atoms with van der Waals surface area (Å²) in [4.78, 5) is 17.6. The van der Waals surface area contributed by atoms with Crippen molar-refractivity contribution in [3.8, 4) is 17.2 Å². The average Bonchev–Trinajstić information content (AvgIpc) is 3.53. The van der Waals surface area contributed by atoms with Gasteiger partial charge in [-0.25, -0.2) is 0 Å².